The lowest BCUT2D eigenvalue weighted by atomic mass is 10.3. The number of aromatic nitrogens is 1. The minimum absolute atomic E-state index is 0. The highest BCUT2D eigenvalue weighted by Gasteiger charge is 2.11. The summed E-state index contributed by atoms with van der Waals surface area (Å²) in [5.41, 5.74) is 6.61. The van der Waals surface area contributed by atoms with Crippen LogP contribution in [0.15, 0.2) is 23.3 Å². The molecule has 0 spiro atoms. The minimum atomic E-state index is -0.334. The molecule has 1 aromatic rings. The Labute approximate surface area is 127 Å². The van der Waals surface area contributed by atoms with Crippen molar-refractivity contribution in [1.82, 2.24) is 9.88 Å². The Bertz CT molecular complexity index is 393. The minimum Gasteiger partial charge on any atom is -0.370 e. The molecule has 7 heteroatoms. The Morgan fingerprint density at radius 3 is 2.78 bits per heavy atom. The van der Waals surface area contributed by atoms with Gasteiger partial charge in [0, 0.05) is 24.6 Å². The number of nitrogens with two attached hydrogens (primary N) is 1. The van der Waals surface area contributed by atoms with Crippen molar-refractivity contribution < 1.29 is 4.39 Å². The summed E-state index contributed by atoms with van der Waals surface area (Å²) >= 11 is 1.93. The highest BCUT2D eigenvalue weighted by molar-refractivity contribution is 14.0. The molecule has 1 fully saturated rings. The van der Waals surface area contributed by atoms with Crippen LogP contribution < -0.4 is 5.73 Å². The molecule has 0 aromatic carbocycles. The molecule has 0 bridgehead atoms. The second kappa shape index (κ2) is 7.78. The fraction of sp³-hybridized carbons (Fsp3) is 0.455. The molecule has 0 radical (unpaired) electrons. The lowest BCUT2D eigenvalue weighted by Gasteiger charge is -2.27. The molecule has 2 heterocycles. The van der Waals surface area contributed by atoms with Crippen LogP contribution in [-0.4, -0.2) is 40.4 Å². The predicted molar refractivity (Wildman–Crippen MR) is 83.8 cm³/mol. The normalized spacial score (nSPS) is 16.3. The Morgan fingerprint density at radius 1 is 1.44 bits per heavy atom. The summed E-state index contributed by atoms with van der Waals surface area (Å²) in [7, 11) is 0. The zero-order valence-electron chi connectivity index (χ0n) is 9.88. The summed E-state index contributed by atoms with van der Waals surface area (Å²) in [5, 5.41) is 0. The average Bonchev–Trinajstić information content (AvgIpc) is 2.39. The summed E-state index contributed by atoms with van der Waals surface area (Å²) in [6.07, 6.45) is 1.19. The van der Waals surface area contributed by atoms with Gasteiger partial charge in [0.25, 0.3) is 0 Å². The van der Waals surface area contributed by atoms with Gasteiger partial charge in [0.2, 0.25) is 0 Å². The largest absolute Gasteiger partial charge is 0.370 e. The van der Waals surface area contributed by atoms with E-state index >= 15 is 0 Å². The SMILES string of the molecule is I.NC(=NCc1ccc(F)cn1)N1CCSCC1. The molecule has 0 saturated carbocycles. The maximum absolute atomic E-state index is 12.6. The van der Waals surface area contributed by atoms with Gasteiger partial charge in [0.15, 0.2) is 5.96 Å². The molecule has 2 rings (SSSR count). The number of thioether (sulfide) groups is 1. The van der Waals surface area contributed by atoms with Crippen LogP contribution in [0.3, 0.4) is 0 Å². The summed E-state index contributed by atoms with van der Waals surface area (Å²) in [5.74, 6) is 2.39. The summed E-state index contributed by atoms with van der Waals surface area (Å²) in [4.78, 5) is 10.3. The molecule has 1 saturated heterocycles. The second-order valence-electron chi connectivity index (χ2n) is 3.74. The molecule has 0 atom stereocenters. The van der Waals surface area contributed by atoms with Gasteiger partial charge < -0.3 is 10.6 Å². The van der Waals surface area contributed by atoms with Crippen molar-refractivity contribution in [3.8, 4) is 0 Å². The maximum atomic E-state index is 12.6. The Hall–Kier alpha value is -0.570. The molecule has 4 nitrogen and oxygen atoms in total. The third-order valence-corrected chi connectivity index (χ3v) is 3.47. The molecule has 0 amide bonds. The number of hydrogen-bond acceptors (Lipinski definition) is 3. The Balaban J connectivity index is 0.00000162. The van der Waals surface area contributed by atoms with E-state index < -0.39 is 0 Å². The molecule has 100 valence electrons. The van der Waals surface area contributed by atoms with Gasteiger partial charge in [-0.2, -0.15) is 11.8 Å². The van der Waals surface area contributed by atoms with Crippen molar-refractivity contribution in [2.45, 2.75) is 6.54 Å². The molecule has 0 unspecified atom stereocenters. The van der Waals surface area contributed by atoms with E-state index in [-0.39, 0.29) is 29.8 Å². The van der Waals surface area contributed by atoms with Crippen LogP contribution in [0.5, 0.6) is 0 Å². The van der Waals surface area contributed by atoms with Gasteiger partial charge >= 0.3 is 0 Å². The Kier molecular flexibility index (Phi) is 6.69. The van der Waals surface area contributed by atoms with Gasteiger partial charge in [0.05, 0.1) is 18.4 Å². The number of hydrogen-bond donors (Lipinski definition) is 1. The first kappa shape index (κ1) is 15.5. The van der Waals surface area contributed by atoms with Gasteiger partial charge in [-0.25, -0.2) is 9.38 Å². The van der Waals surface area contributed by atoms with Crippen LogP contribution in [0.4, 0.5) is 4.39 Å². The third-order valence-electron chi connectivity index (χ3n) is 2.53. The van der Waals surface area contributed by atoms with Gasteiger partial charge in [0.1, 0.15) is 5.82 Å². The second-order valence-corrected chi connectivity index (χ2v) is 4.97. The average molecular weight is 382 g/mol. The molecule has 2 N–H and O–H groups in total. The lowest BCUT2D eigenvalue weighted by Crippen LogP contribution is -2.42. The maximum Gasteiger partial charge on any atom is 0.191 e. The van der Waals surface area contributed by atoms with Crippen molar-refractivity contribution in [2.24, 2.45) is 10.7 Å². The van der Waals surface area contributed by atoms with Crippen LogP contribution in [0.2, 0.25) is 0 Å². The van der Waals surface area contributed by atoms with Crippen LogP contribution >= 0.6 is 35.7 Å². The van der Waals surface area contributed by atoms with Gasteiger partial charge in [-0.05, 0) is 12.1 Å². The van der Waals surface area contributed by atoms with Gasteiger partial charge in [-0.1, -0.05) is 0 Å². The quantitative estimate of drug-likeness (QED) is 0.481. The van der Waals surface area contributed by atoms with E-state index in [1.807, 2.05) is 11.8 Å². The molecular weight excluding hydrogens is 366 g/mol. The number of rotatable bonds is 2. The van der Waals surface area contributed by atoms with Gasteiger partial charge in [-0.15, -0.1) is 24.0 Å². The highest BCUT2D eigenvalue weighted by atomic mass is 127. The molecular formula is C11H16FIN4S. The number of nitrogens with zero attached hydrogens (tertiary/aromatic N) is 3. The molecule has 1 aliphatic rings. The summed E-state index contributed by atoms with van der Waals surface area (Å²) in [6, 6.07) is 3.00. The lowest BCUT2D eigenvalue weighted by molar-refractivity contribution is 0.455. The summed E-state index contributed by atoms with van der Waals surface area (Å²) in [6.45, 7) is 2.28. The van der Waals surface area contributed by atoms with E-state index in [2.05, 4.69) is 14.9 Å². The van der Waals surface area contributed by atoms with Crippen molar-refractivity contribution in [2.75, 3.05) is 24.6 Å². The smallest absolute Gasteiger partial charge is 0.191 e. The standard InChI is InChI=1S/C11H15FN4S.HI/c12-9-1-2-10(14-7-9)8-15-11(13)16-3-5-17-6-4-16;/h1-2,7H,3-6,8H2,(H2,13,15);1H. The zero-order chi connectivity index (χ0) is 12.1. The number of halogens is 2. The number of aliphatic imine (C=N–C) groups is 1. The van der Waals surface area contributed by atoms with Crippen molar-refractivity contribution in [1.29, 1.82) is 0 Å². The first-order chi connectivity index (χ1) is 8.25. The zero-order valence-corrected chi connectivity index (χ0v) is 13.0. The molecule has 18 heavy (non-hydrogen) atoms. The van der Waals surface area contributed by atoms with E-state index in [1.165, 1.54) is 12.3 Å². The van der Waals surface area contributed by atoms with Crippen molar-refractivity contribution in [3.63, 3.8) is 0 Å². The molecule has 0 aliphatic carbocycles. The topological polar surface area (TPSA) is 54.5 Å². The first-order valence-corrected chi connectivity index (χ1v) is 6.64. The highest BCUT2D eigenvalue weighted by Crippen LogP contribution is 2.09. The van der Waals surface area contributed by atoms with Gasteiger partial charge in [-0.3, -0.25) is 4.98 Å². The van der Waals surface area contributed by atoms with E-state index in [0.29, 0.717) is 12.5 Å². The summed E-state index contributed by atoms with van der Waals surface area (Å²) < 4.78 is 12.6. The molecule has 1 aromatic heterocycles. The fourth-order valence-electron chi connectivity index (χ4n) is 1.55. The van der Waals surface area contributed by atoms with E-state index in [0.717, 1.165) is 30.3 Å². The molecule has 1 aliphatic heterocycles. The van der Waals surface area contributed by atoms with Crippen LogP contribution in [0.25, 0.3) is 0 Å². The van der Waals surface area contributed by atoms with E-state index in [4.69, 9.17) is 5.73 Å². The predicted octanol–water partition coefficient (Wildman–Crippen LogP) is 1.70. The third kappa shape index (κ3) is 4.60. The number of guanidine groups is 1. The van der Waals surface area contributed by atoms with Crippen LogP contribution in [0.1, 0.15) is 5.69 Å². The monoisotopic (exact) mass is 382 g/mol. The van der Waals surface area contributed by atoms with Crippen molar-refractivity contribution >= 4 is 41.7 Å². The van der Waals surface area contributed by atoms with Crippen molar-refractivity contribution in [3.05, 3.63) is 29.8 Å². The van der Waals surface area contributed by atoms with Crippen LogP contribution in [-0.2, 0) is 6.54 Å². The number of pyridine rings is 1. The van der Waals surface area contributed by atoms with E-state index in [9.17, 15) is 4.39 Å². The first-order valence-electron chi connectivity index (χ1n) is 5.49. The fourth-order valence-corrected chi connectivity index (χ4v) is 2.46. The van der Waals surface area contributed by atoms with Crippen LogP contribution in [0, 0.1) is 5.82 Å². The van der Waals surface area contributed by atoms with E-state index in [1.54, 1.807) is 6.07 Å². The Morgan fingerprint density at radius 2 is 2.17 bits per heavy atom.